The van der Waals surface area contributed by atoms with E-state index in [1.165, 1.54) is 7.11 Å². The number of rotatable bonds is 4. The van der Waals surface area contributed by atoms with Gasteiger partial charge in [0.25, 0.3) is 5.91 Å². The fraction of sp³-hybridized carbons (Fsp3) is 0.474. The molecule has 0 saturated carbocycles. The smallest absolute Gasteiger partial charge is 0.329 e. The van der Waals surface area contributed by atoms with Gasteiger partial charge in [-0.15, -0.1) is 11.5 Å². The number of carbonyl (C=O) groups is 2. The largest absolute Gasteiger partial charge is 0.467 e. The molecule has 0 bridgehead atoms. The van der Waals surface area contributed by atoms with Crippen LogP contribution in [0, 0.1) is 11.5 Å². The van der Waals surface area contributed by atoms with Gasteiger partial charge in [0, 0.05) is 6.42 Å². The first-order valence-electron chi connectivity index (χ1n) is 8.13. The van der Waals surface area contributed by atoms with Crippen molar-refractivity contribution >= 4 is 31.6 Å². The van der Waals surface area contributed by atoms with Crippen LogP contribution < -0.4 is 5.32 Å². The lowest BCUT2D eigenvalue weighted by atomic mass is 10.1. The van der Waals surface area contributed by atoms with Crippen LogP contribution >= 0.6 is 11.6 Å². The van der Waals surface area contributed by atoms with Crippen molar-refractivity contribution in [2.75, 3.05) is 7.11 Å². The second kappa shape index (κ2) is 8.55. The maximum atomic E-state index is 12.4. The van der Waals surface area contributed by atoms with E-state index in [1.54, 1.807) is 24.3 Å². The second-order valence-corrected chi connectivity index (χ2v) is 12.8. The Labute approximate surface area is 156 Å². The lowest BCUT2D eigenvalue weighted by molar-refractivity contribution is -0.142. The molecule has 1 rings (SSSR count). The minimum absolute atomic E-state index is 0.127. The number of amides is 1. The third-order valence-corrected chi connectivity index (χ3v) is 9.37. The molecule has 0 heterocycles. The monoisotopic (exact) mass is 379 g/mol. The van der Waals surface area contributed by atoms with Crippen LogP contribution in [0.25, 0.3) is 0 Å². The minimum Gasteiger partial charge on any atom is -0.467 e. The molecule has 0 saturated heterocycles. The Bertz CT molecular complexity index is 699. The van der Waals surface area contributed by atoms with Crippen LogP contribution in [0.1, 0.15) is 37.6 Å². The minimum atomic E-state index is -1.78. The number of hydrogen-bond donors (Lipinski definition) is 1. The van der Waals surface area contributed by atoms with E-state index in [9.17, 15) is 9.59 Å². The first-order chi connectivity index (χ1) is 11.5. The molecule has 1 atom stereocenters. The zero-order valence-corrected chi connectivity index (χ0v) is 17.5. The van der Waals surface area contributed by atoms with Gasteiger partial charge in [-0.2, -0.15) is 0 Å². The third-order valence-electron chi connectivity index (χ3n) is 4.49. The standard InChI is InChI=1S/C19H26ClNO3Si/c1-19(2,3)25(5,6)13-9-12-16(18(23)24-4)21-17(22)14-10-7-8-11-15(14)20/h7-8,10-11,16H,12H2,1-6H3,(H,21,22)/t16-/m0/s1. The van der Waals surface area contributed by atoms with Gasteiger partial charge in [-0.3, -0.25) is 4.79 Å². The number of hydrogen-bond acceptors (Lipinski definition) is 3. The molecule has 1 aromatic carbocycles. The number of halogens is 1. The first kappa shape index (κ1) is 21.3. The SMILES string of the molecule is COC(=O)[C@H](CC#C[Si](C)(C)C(C)(C)C)NC(=O)c1ccccc1Cl. The van der Waals surface area contributed by atoms with Crippen molar-refractivity contribution in [2.24, 2.45) is 0 Å². The van der Waals surface area contributed by atoms with E-state index in [-0.39, 0.29) is 11.5 Å². The van der Waals surface area contributed by atoms with Crippen molar-refractivity contribution in [3.8, 4) is 11.5 Å². The van der Waals surface area contributed by atoms with Gasteiger partial charge < -0.3 is 10.1 Å². The van der Waals surface area contributed by atoms with Gasteiger partial charge in [0.1, 0.15) is 14.1 Å². The van der Waals surface area contributed by atoms with Crippen molar-refractivity contribution in [3.05, 3.63) is 34.9 Å². The zero-order valence-electron chi connectivity index (χ0n) is 15.7. The number of nitrogens with one attached hydrogen (secondary N) is 1. The Morgan fingerprint density at radius 2 is 1.88 bits per heavy atom. The van der Waals surface area contributed by atoms with Gasteiger partial charge in [-0.05, 0) is 17.2 Å². The normalized spacial score (nSPS) is 12.6. The molecule has 1 N–H and O–H groups in total. The van der Waals surface area contributed by atoms with Gasteiger partial charge in [-0.1, -0.05) is 57.6 Å². The van der Waals surface area contributed by atoms with E-state index in [1.807, 2.05) is 0 Å². The summed E-state index contributed by atoms with van der Waals surface area (Å²) in [6.07, 6.45) is 0.204. The summed E-state index contributed by atoms with van der Waals surface area (Å²) in [6.45, 7) is 10.9. The molecule has 0 aliphatic carbocycles. The quantitative estimate of drug-likeness (QED) is 0.487. The predicted molar refractivity (Wildman–Crippen MR) is 104 cm³/mol. The van der Waals surface area contributed by atoms with Crippen LogP contribution in [0.5, 0.6) is 0 Å². The summed E-state index contributed by atoms with van der Waals surface area (Å²) >= 11 is 6.03. The molecule has 136 valence electrons. The Morgan fingerprint density at radius 1 is 1.28 bits per heavy atom. The van der Waals surface area contributed by atoms with Crippen molar-refractivity contribution < 1.29 is 14.3 Å². The lowest BCUT2D eigenvalue weighted by Crippen LogP contribution is -2.41. The molecule has 0 radical (unpaired) electrons. The molecule has 4 nitrogen and oxygen atoms in total. The van der Waals surface area contributed by atoms with E-state index in [2.05, 4.69) is 50.6 Å². The average molecular weight is 380 g/mol. The molecule has 0 fully saturated rings. The molecular weight excluding hydrogens is 354 g/mol. The summed E-state index contributed by atoms with van der Waals surface area (Å²) < 4.78 is 4.79. The van der Waals surface area contributed by atoms with Crippen LogP contribution in [0.15, 0.2) is 24.3 Å². The highest BCUT2D eigenvalue weighted by Crippen LogP contribution is 2.35. The lowest BCUT2D eigenvalue weighted by Gasteiger charge is -2.31. The number of benzene rings is 1. The highest BCUT2D eigenvalue weighted by molar-refractivity contribution is 6.87. The van der Waals surface area contributed by atoms with Crippen molar-refractivity contribution in [2.45, 2.75) is 51.4 Å². The maximum absolute atomic E-state index is 12.4. The van der Waals surface area contributed by atoms with Crippen LogP contribution in [0.2, 0.25) is 23.2 Å². The van der Waals surface area contributed by atoms with E-state index in [4.69, 9.17) is 16.3 Å². The fourth-order valence-corrected chi connectivity index (χ4v) is 2.92. The summed E-state index contributed by atoms with van der Waals surface area (Å²) in [6, 6.07) is 5.85. The molecule has 0 aromatic heterocycles. The summed E-state index contributed by atoms with van der Waals surface area (Å²) in [7, 11) is -0.487. The van der Waals surface area contributed by atoms with Gasteiger partial charge in [0.15, 0.2) is 0 Å². The Balaban J connectivity index is 2.92. The Morgan fingerprint density at radius 3 is 2.40 bits per heavy atom. The third kappa shape index (κ3) is 5.91. The average Bonchev–Trinajstić information content (AvgIpc) is 2.52. The van der Waals surface area contributed by atoms with Gasteiger partial charge in [0.05, 0.1) is 17.7 Å². The molecule has 25 heavy (non-hydrogen) atoms. The molecular formula is C19H26ClNO3Si. The molecule has 1 aromatic rings. The van der Waals surface area contributed by atoms with Gasteiger partial charge >= 0.3 is 5.97 Å². The zero-order chi connectivity index (χ0) is 19.3. The highest BCUT2D eigenvalue weighted by Gasteiger charge is 2.33. The topological polar surface area (TPSA) is 55.4 Å². The van der Waals surface area contributed by atoms with E-state index >= 15 is 0 Å². The summed E-state index contributed by atoms with van der Waals surface area (Å²) in [5.41, 5.74) is 3.65. The van der Waals surface area contributed by atoms with Crippen molar-refractivity contribution in [1.29, 1.82) is 0 Å². The van der Waals surface area contributed by atoms with Crippen LogP contribution in [-0.2, 0) is 9.53 Å². The van der Waals surface area contributed by atoms with Crippen molar-refractivity contribution in [1.82, 2.24) is 5.32 Å². The summed E-state index contributed by atoms with van der Waals surface area (Å²) in [5.74, 6) is 2.14. The molecule has 0 spiro atoms. The molecule has 0 aliphatic heterocycles. The highest BCUT2D eigenvalue weighted by atomic mass is 35.5. The van der Waals surface area contributed by atoms with Gasteiger partial charge in [0.2, 0.25) is 0 Å². The molecule has 0 aliphatic rings. The van der Waals surface area contributed by atoms with E-state index in [0.717, 1.165) is 0 Å². The van der Waals surface area contributed by atoms with Crippen LogP contribution in [0.3, 0.4) is 0 Å². The number of methoxy groups -OCH3 is 1. The van der Waals surface area contributed by atoms with Crippen LogP contribution in [0.4, 0.5) is 0 Å². The van der Waals surface area contributed by atoms with Gasteiger partial charge in [-0.25, -0.2) is 4.79 Å². The summed E-state index contributed by atoms with van der Waals surface area (Å²) in [5, 5.41) is 3.12. The Hall–Kier alpha value is -1.77. The van der Waals surface area contributed by atoms with E-state index in [0.29, 0.717) is 10.6 Å². The number of ether oxygens (including phenoxy) is 1. The predicted octanol–water partition coefficient (Wildman–Crippen LogP) is 4.05. The van der Waals surface area contributed by atoms with Crippen molar-refractivity contribution in [3.63, 3.8) is 0 Å². The molecule has 6 heteroatoms. The summed E-state index contributed by atoms with van der Waals surface area (Å²) in [4.78, 5) is 24.4. The van der Waals surface area contributed by atoms with E-state index < -0.39 is 26.0 Å². The maximum Gasteiger partial charge on any atom is 0.329 e. The molecule has 1 amide bonds. The number of esters is 1. The second-order valence-electron chi connectivity index (χ2n) is 7.41. The Kier molecular flexibility index (Phi) is 7.27. The first-order valence-corrected chi connectivity index (χ1v) is 11.5. The number of carbonyl (C=O) groups excluding carboxylic acids is 2. The fourth-order valence-electron chi connectivity index (χ4n) is 1.78. The van der Waals surface area contributed by atoms with Crippen LogP contribution in [-0.4, -0.2) is 33.1 Å². The molecule has 0 unspecified atom stereocenters.